The number of nitrogens with one attached hydrogen (secondary N) is 1. The predicted molar refractivity (Wildman–Crippen MR) is 139 cm³/mol. The van der Waals surface area contributed by atoms with E-state index in [1.807, 2.05) is 34.9 Å². The van der Waals surface area contributed by atoms with Crippen LogP contribution in [-0.2, 0) is 12.3 Å². The Hall–Kier alpha value is -4.57. The normalized spacial score (nSPS) is 12.0. The van der Waals surface area contributed by atoms with E-state index in [9.17, 15) is 9.18 Å². The van der Waals surface area contributed by atoms with Gasteiger partial charge >= 0.3 is 0 Å². The molecule has 0 saturated carbocycles. The van der Waals surface area contributed by atoms with Crippen molar-refractivity contribution in [2.75, 3.05) is 6.79 Å². The Morgan fingerprint density at radius 1 is 0.947 bits per heavy atom. The van der Waals surface area contributed by atoms with E-state index in [4.69, 9.17) is 13.9 Å². The highest BCUT2D eigenvalue weighted by molar-refractivity contribution is 7.98. The number of thioether (sulfide) groups is 1. The fraction of sp³-hybridized carbons (Fsp3) is 0.107. The average molecular weight is 529 g/mol. The number of aromatic nitrogens is 3. The van der Waals surface area contributed by atoms with Crippen LogP contribution in [0, 0.1) is 5.82 Å². The number of benzene rings is 3. The van der Waals surface area contributed by atoms with Crippen LogP contribution in [0.1, 0.15) is 21.5 Å². The Balaban J connectivity index is 1.12. The topological polar surface area (TPSA) is 91.4 Å². The van der Waals surface area contributed by atoms with Crippen molar-refractivity contribution in [2.45, 2.75) is 17.5 Å². The number of nitrogens with zero attached hydrogens (tertiary/aromatic N) is 3. The lowest BCUT2D eigenvalue weighted by Crippen LogP contribution is -2.22. The zero-order valence-corrected chi connectivity index (χ0v) is 20.8. The van der Waals surface area contributed by atoms with E-state index >= 15 is 0 Å². The van der Waals surface area contributed by atoms with Gasteiger partial charge in [0.05, 0.1) is 12.0 Å². The zero-order chi connectivity index (χ0) is 25.9. The van der Waals surface area contributed by atoms with E-state index in [0.717, 1.165) is 16.8 Å². The molecular weight excluding hydrogens is 507 g/mol. The summed E-state index contributed by atoms with van der Waals surface area (Å²) in [5.74, 6) is 2.59. The summed E-state index contributed by atoms with van der Waals surface area (Å²) in [6.07, 6.45) is 1.57. The van der Waals surface area contributed by atoms with Gasteiger partial charge in [0.2, 0.25) is 12.6 Å². The maximum absolute atomic E-state index is 13.5. The molecule has 3 heterocycles. The molecule has 38 heavy (non-hydrogen) atoms. The Morgan fingerprint density at radius 3 is 2.53 bits per heavy atom. The van der Waals surface area contributed by atoms with Crippen LogP contribution in [0.3, 0.4) is 0 Å². The second-order valence-corrected chi connectivity index (χ2v) is 9.39. The standard InChI is InChI=1S/C28H21FN4O4S/c29-21-8-10-22(11-9-21)33-26(24-2-1-13-35-24)31-32-28(33)38-16-18-3-6-20(7-4-18)27(34)30-15-19-5-12-23-25(14-19)37-17-36-23/h1-14H,15-17H2,(H,30,34). The summed E-state index contributed by atoms with van der Waals surface area (Å²) in [6.45, 7) is 0.593. The number of carbonyl (C=O) groups excluding carboxylic acids is 1. The smallest absolute Gasteiger partial charge is 0.251 e. The van der Waals surface area contributed by atoms with Gasteiger partial charge in [0.1, 0.15) is 5.82 Å². The van der Waals surface area contributed by atoms with Crippen molar-refractivity contribution in [3.63, 3.8) is 0 Å². The minimum Gasteiger partial charge on any atom is -0.461 e. The summed E-state index contributed by atoms with van der Waals surface area (Å²) in [5.41, 5.74) is 3.22. The lowest BCUT2D eigenvalue weighted by atomic mass is 10.1. The quantitative estimate of drug-likeness (QED) is 0.262. The Bertz CT molecular complexity index is 1570. The van der Waals surface area contributed by atoms with Crippen molar-refractivity contribution in [3.05, 3.63) is 108 Å². The number of hydrogen-bond donors (Lipinski definition) is 1. The fourth-order valence-corrected chi connectivity index (χ4v) is 4.90. The van der Waals surface area contributed by atoms with Gasteiger partial charge in [-0.25, -0.2) is 4.39 Å². The third-order valence-electron chi connectivity index (χ3n) is 5.93. The Labute approximate surface area is 221 Å². The molecule has 6 rings (SSSR count). The van der Waals surface area contributed by atoms with E-state index in [0.29, 0.717) is 46.1 Å². The van der Waals surface area contributed by atoms with Gasteiger partial charge in [0.15, 0.2) is 22.4 Å². The zero-order valence-electron chi connectivity index (χ0n) is 20.0. The first kappa shape index (κ1) is 23.8. The van der Waals surface area contributed by atoms with Crippen molar-refractivity contribution in [3.8, 4) is 28.8 Å². The molecule has 0 radical (unpaired) electrons. The first-order chi connectivity index (χ1) is 18.6. The van der Waals surface area contributed by atoms with Crippen molar-refractivity contribution < 1.29 is 23.1 Å². The Morgan fingerprint density at radius 2 is 1.74 bits per heavy atom. The summed E-state index contributed by atoms with van der Waals surface area (Å²) in [6, 6.07) is 22.7. The molecule has 190 valence electrons. The third kappa shape index (κ3) is 4.98. The first-order valence-electron chi connectivity index (χ1n) is 11.8. The van der Waals surface area contributed by atoms with Gasteiger partial charge in [-0.2, -0.15) is 0 Å². The van der Waals surface area contributed by atoms with Crippen LogP contribution in [0.2, 0.25) is 0 Å². The number of hydrogen-bond acceptors (Lipinski definition) is 7. The van der Waals surface area contributed by atoms with Crippen molar-refractivity contribution in [1.82, 2.24) is 20.1 Å². The summed E-state index contributed by atoms with van der Waals surface area (Å²) in [5, 5.41) is 12.2. The van der Waals surface area contributed by atoms with Crippen molar-refractivity contribution in [1.29, 1.82) is 0 Å². The SMILES string of the molecule is O=C(NCc1ccc2c(c1)OCO2)c1ccc(CSc2nnc(-c3ccco3)n2-c2ccc(F)cc2)cc1. The van der Waals surface area contributed by atoms with Crippen LogP contribution in [0.4, 0.5) is 4.39 Å². The van der Waals surface area contributed by atoms with Crippen LogP contribution in [0.5, 0.6) is 11.5 Å². The van der Waals surface area contributed by atoms with Crippen LogP contribution in [0.25, 0.3) is 17.3 Å². The number of carbonyl (C=O) groups is 1. The molecule has 5 aromatic rings. The number of amides is 1. The highest BCUT2D eigenvalue weighted by atomic mass is 32.2. The summed E-state index contributed by atoms with van der Waals surface area (Å²) in [4.78, 5) is 12.7. The Kier molecular flexibility index (Phi) is 6.53. The highest BCUT2D eigenvalue weighted by Crippen LogP contribution is 2.33. The number of fused-ring (bicyclic) bond motifs is 1. The maximum atomic E-state index is 13.5. The van der Waals surface area contributed by atoms with Crippen LogP contribution in [0.15, 0.2) is 94.7 Å². The van der Waals surface area contributed by atoms with E-state index in [2.05, 4.69) is 15.5 Å². The number of halogens is 1. The van der Waals surface area contributed by atoms with Gasteiger partial charge in [-0.1, -0.05) is 30.0 Å². The van der Waals surface area contributed by atoms with E-state index in [-0.39, 0.29) is 18.5 Å². The van der Waals surface area contributed by atoms with E-state index < -0.39 is 0 Å². The largest absolute Gasteiger partial charge is 0.461 e. The van der Waals surface area contributed by atoms with E-state index in [1.165, 1.54) is 23.9 Å². The summed E-state index contributed by atoms with van der Waals surface area (Å²) < 4.78 is 31.6. The molecular formula is C28H21FN4O4S. The second-order valence-electron chi connectivity index (χ2n) is 8.45. The van der Waals surface area contributed by atoms with Gasteiger partial charge < -0.3 is 19.2 Å². The van der Waals surface area contributed by atoms with Gasteiger partial charge in [-0.15, -0.1) is 10.2 Å². The van der Waals surface area contributed by atoms with Gasteiger partial charge in [0.25, 0.3) is 5.91 Å². The minimum atomic E-state index is -0.324. The maximum Gasteiger partial charge on any atom is 0.251 e. The van der Waals surface area contributed by atoms with Gasteiger partial charge in [-0.05, 0) is 71.8 Å². The molecule has 0 bridgehead atoms. The molecule has 0 atom stereocenters. The molecule has 8 nitrogen and oxygen atoms in total. The first-order valence-corrected chi connectivity index (χ1v) is 12.8. The summed E-state index contributed by atoms with van der Waals surface area (Å²) >= 11 is 1.48. The molecule has 0 unspecified atom stereocenters. The molecule has 1 N–H and O–H groups in total. The average Bonchev–Trinajstić information content (AvgIpc) is 3.72. The number of rotatable bonds is 8. The molecule has 0 fully saturated rings. The second kappa shape index (κ2) is 10.4. The molecule has 0 aliphatic carbocycles. The van der Waals surface area contributed by atoms with Crippen LogP contribution < -0.4 is 14.8 Å². The molecule has 0 saturated heterocycles. The van der Waals surface area contributed by atoms with E-state index in [1.54, 1.807) is 42.7 Å². The fourth-order valence-electron chi connectivity index (χ4n) is 3.99. The van der Waals surface area contributed by atoms with Gasteiger partial charge in [-0.3, -0.25) is 9.36 Å². The molecule has 10 heteroatoms. The summed E-state index contributed by atoms with van der Waals surface area (Å²) in [7, 11) is 0. The molecule has 1 amide bonds. The van der Waals surface area contributed by atoms with Crippen LogP contribution >= 0.6 is 11.8 Å². The minimum absolute atomic E-state index is 0.166. The third-order valence-corrected chi connectivity index (χ3v) is 6.93. The van der Waals surface area contributed by atoms with Crippen molar-refractivity contribution >= 4 is 17.7 Å². The van der Waals surface area contributed by atoms with Crippen LogP contribution in [-0.4, -0.2) is 27.5 Å². The monoisotopic (exact) mass is 528 g/mol. The predicted octanol–water partition coefficient (Wildman–Crippen LogP) is 5.62. The molecule has 1 aliphatic rings. The molecule has 0 spiro atoms. The van der Waals surface area contributed by atoms with Crippen molar-refractivity contribution in [2.24, 2.45) is 0 Å². The molecule has 1 aliphatic heterocycles. The number of furan rings is 1. The molecule has 3 aromatic carbocycles. The lowest BCUT2D eigenvalue weighted by molar-refractivity contribution is 0.0951. The lowest BCUT2D eigenvalue weighted by Gasteiger charge is -2.10. The highest BCUT2D eigenvalue weighted by Gasteiger charge is 2.18. The van der Waals surface area contributed by atoms with Gasteiger partial charge in [0, 0.05) is 17.9 Å². The molecule has 2 aromatic heterocycles. The number of ether oxygens (including phenoxy) is 2.